The molecule has 0 aliphatic heterocycles. The molecule has 1 aromatic rings. The van der Waals surface area contributed by atoms with Crippen molar-refractivity contribution in [3.05, 3.63) is 22.4 Å². The number of thiophene rings is 1. The fourth-order valence-corrected chi connectivity index (χ4v) is 3.38. The predicted molar refractivity (Wildman–Crippen MR) is 107 cm³/mol. The van der Waals surface area contributed by atoms with Gasteiger partial charge < -0.3 is 10.6 Å². The Morgan fingerprint density at radius 1 is 1.45 bits per heavy atom. The van der Waals surface area contributed by atoms with Crippen LogP contribution in [0.25, 0.3) is 0 Å². The molecular formula is C16H29IN4S. The summed E-state index contributed by atoms with van der Waals surface area (Å²) in [6.45, 7) is 9.73. The second kappa shape index (κ2) is 9.72. The van der Waals surface area contributed by atoms with Crippen molar-refractivity contribution in [2.75, 3.05) is 26.7 Å². The number of halogens is 1. The highest BCUT2D eigenvalue weighted by Crippen LogP contribution is 2.28. The fraction of sp³-hybridized carbons (Fsp3) is 0.688. The lowest BCUT2D eigenvalue weighted by Gasteiger charge is -2.30. The van der Waals surface area contributed by atoms with E-state index in [4.69, 9.17) is 0 Å². The van der Waals surface area contributed by atoms with Crippen molar-refractivity contribution in [2.24, 2.45) is 10.9 Å². The van der Waals surface area contributed by atoms with E-state index in [9.17, 15) is 0 Å². The molecule has 1 aliphatic carbocycles. The van der Waals surface area contributed by atoms with E-state index in [0.29, 0.717) is 12.1 Å². The predicted octanol–water partition coefficient (Wildman–Crippen LogP) is 3.32. The third-order valence-electron chi connectivity index (χ3n) is 4.30. The van der Waals surface area contributed by atoms with Gasteiger partial charge in [-0.2, -0.15) is 11.3 Å². The molecule has 2 rings (SSSR count). The van der Waals surface area contributed by atoms with Crippen molar-refractivity contribution in [1.29, 1.82) is 0 Å². The molecular weight excluding hydrogens is 407 g/mol. The standard InChI is InChI=1S/C16H28N4S.HI/c1-5-20(6-2)15(13-7-8-21-11-13)10-18-16(17-4)19-14-9-12(14)3;/h7-8,11-12,14-15H,5-6,9-10H2,1-4H3,(H2,17,18,19);1H. The number of likely N-dealkylation sites (N-methyl/N-ethyl adjacent to an activating group) is 1. The van der Waals surface area contributed by atoms with Gasteiger partial charge in [-0.25, -0.2) is 0 Å². The Morgan fingerprint density at radius 3 is 2.59 bits per heavy atom. The van der Waals surface area contributed by atoms with Gasteiger partial charge in [-0.3, -0.25) is 9.89 Å². The zero-order chi connectivity index (χ0) is 15.2. The maximum absolute atomic E-state index is 4.35. The Hall–Kier alpha value is -0.340. The molecule has 1 saturated carbocycles. The van der Waals surface area contributed by atoms with Crippen LogP contribution in [0.4, 0.5) is 0 Å². The van der Waals surface area contributed by atoms with Crippen molar-refractivity contribution < 1.29 is 0 Å². The van der Waals surface area contributed by atoms with E-state index in [-0.39, 0.29) is 24.0 Å². The number of rotatable bonds is 7. The van der Waals surface area contributed by atoms with E-state index in [1.54, 1.807) is 11.3 Å². The molecule has 0 radical (unpaired) electrons. The number of nitrogens with one attached hydrogen (secondary N) is 2. The molecule has 1 aliphatic rings. The second-order valence-electron chi connectivity index (χ2n) is 5.71. The summed E-state index contributed by atoms with van der Waals surface area (Å²) >= 11 is 1.77. The van der Waals surface area contributed by atoms with Crippen molar-refractivity contribution in [1.82, 2.24) is 15.5 Å². The van der Waals surface area contributed by atoms with Crippen LogP contribution in [0.2, 0.25) is 0 Å². The molecule has 2 N–H and O–H groups in total. The molecule has 1 heterocycles. The van der Waals surface area contributed by atoms with E-state index >= 15 is 0 Å². The minimum atomic E-state index is 0. The Balaban J connectivity index is 0.00000242. The summed E-state index contributed by atoms with van der Waals surface area (Å²) in [7, 11) is 1.85. The van der Waals surface area contributed by atoms with Crippen LogP contribution >= 0.6 is 35.3 Å². The van der Waals surface area contributed by atoms with Crippen LogP contribution in [0.5, 0.6) is 0 Å². The first kappa shape index (κ1) is 19.7. The van der Waals surface area contributed by atoms with Gasteiger partial charge in [-0.15, -0.1) is 24.0 Å². The maximum Gasteiger partial charge on any atom is 0.191 e. The lowest BCUT2D eigenvalue weighted by molar-refractivity contribution is 0.219. The fourth-order valence-electron chi connectivity index (χ4n) is 2.67. The van der Waals surface area contributed by atoms with Crippen LogP contribution in [-0.2, 0) is 0 Å². The molecule has 0 aromatic carbocycles. The van der Waals surface area contributed by atoms with Gasteiger partial charge >= 0.3 is 0 Å². The molecule has 6 heteroatoms. The SMILES string of the molecule is CCN(CC)C(CNC(=NC)NC1CC1C)c1ccsc1.I. The van der Waals surface area contributed by atoms with Crippen LogP contribution in [0.1, 0.15) is 38.8 Å². The Bertz CT molecular complexity index is 445. The summed E-state index contributed by atoms with van der Waals surface area (Å²) in [6.07, 6.45) is 1.25. The van der Waals surface area contributed by atoms with Gasteiger partial charge in [0.25, 0.3) is 0 Å². The van der Waals surface area contributed by atoms with E-state index in [2.05, 4.69) is 58.1 Å². The van der Waals surface area contributed by atoms with E-state index in [0.717, 1.165) is 31.5 Å². The first-order chi connectivity index (χ1) is 10.2. The molecule has 4 nitrogen and oxygen atoms in total. The lowest BCUT2D eigenvalue weighted by atomic mass is 10.1. The number of hydrogen-bond donors (Lipinski definition) is 2. The molecule has 1 aromatic heterocycles. The second-order valence-corrected chi connectivity index (χ2v) is 6.49. The summed E-state index contributed by atoms with van der Waals surface area (Å²) in [5.74, 6) is 1.70. The number of hydrogen-bond acceptors (Lipinski definition) is 3. The van der Waals surface area contributed by atoms with Gasteiger partial charge in [0.1, 0.15) is 0 Å². The first-order valence-corrected chi connectivity index (χ1v) is 8.87. The monoisotopic (exact) mass is 436 g/mol. The summed E-state index contributed by atoms with van der Waals surface area (Å²) in [5, 5.41) is 11.4. The van der Waals surface area contributed by atoms with Crippen molar-refractivity contribution >= 4 is 41.3 Å². The molecule has 3 atom stereocenters. The highest BCUT2D eigenvalue weighted by atomic mass is 127. The van der Waals surface area contributed by atoms with Crippen LogP contribution in [0, 0.1) is 5.92 Å². The van der Waals surface area contributed by atoms with E-state index < -0.39 is 0 Å². The summed E-state index contributed by atoms with van der Waals surface area (Å²) in [6, 6.07) is 3.24. The smallest absolute Gasteiger partial charge is 0.191 e. The topological polar surface area (TPSA) is 39.7 Å². The van der Waals surface area contributed by atoms with Crippen molar-refractivity contribution in [3.63, 3.8) is 0 Å². The number of aliphatic imine (C=N–C) groups is 1. The molecule has 0 saturated heterocycles. The zero-order valence-corrected chi connectivity index (χ0v) is 17.2. The van der Waals surface area contributed by atoms with Crippen LogP contribution in [0.15, 0.2) is 21.8 Å². The molecule has 0 amide bonds. The maximum atomic E-state index is 4.35. The van der Waals surface area contributed by atoms with E-state index in [1.165, 1.54) is 12.0 Å². The van der Waals surface area contributed by atoms with Crippen molar-refractivity contribution in [2.45, 2.75) is 39.3 Å². The molecule has 126 valence electrons. The van der Waals surface area contributed by atoms with Crippen LogP contribution in [-0.4, -0.2) is 43.6 Å². The van der Waals surface area contributed by atoms with Gasteiger partial charge in [-0.1, -0.05) is 20.8 Å². The van der Waals surface area contributed by atoms with Gasteiger partial charge in [-0.05, 0) is 47.8 Å². The first-order valence-electron chi connectivity index (χ1n) is 7.92. The summed E-state index contributed by atoms with van der Waals surface area (Å²) in [4.78, 5) is 6.83. The van der Waals surface area contributed by atoms with Crippen LogP contribution < -0.4 is 10.6 Å². The minimum Gasteiger partial charge on any atom is -0.354 e. The van der Waals surface area contributed by atoms with Gasteiger partial charge in [0.05, 0.1) is 6.04 Å². The highest BCUT2D eigenvalue weighted by molar-refractivity contribution is 14.0. The molecule has 0 spiro atoms. The zero-order valence-electron chi connectivity index (χ0n) is 14.0. The molecule has 22 heavy (non-hydrogen) atoms. The Labute approximate surface area is 155 Å². The quantitative estimate of drug-likeness (QED) is 0.392. The molecule has 3 unspecified atom stereocenters. The molecule has 1 fully saturated rings. The Morgan fingerprint density at radius 2 is 2.14 bits per heavy atom. The van der Waals surface area contributed by atoms with Gasteiger partial charge in [0.2, 0.25) is 0 Å². The third-order valence-corrected chi connectivity index (χ3v) is 5.00. The summed E-state index contributed by atoms with van der Waals surface area (Å²) in [5.41, 5.74) is 1.39. The van der Waals surface area contributed by atoms with Gasteiger partial charge in [0, 0.05) is 19.6 Å². The minimum absolute atomic E-state index is 0. The highest BCUT2D eigenvalue weighted by Gasteiger charge is 2.33. The van der Waals surface area contributed by atoms with Crippen LogP contribution in [0.3, 0.4) is 0 Å². The van der Waals surface area contributed by atoms with Gasteiger partial charge in [0.15, 0.2) is 5.96 Å². The largest absolute Gasteiger partial charge is 0.354 e. The third kappa shape index (κ3) is 5.38. The average Bonchev–Trinajstić information content (AvgIpc) is 2.96. The average molecular weight is 436 g/mol. The van der Waals surface area contributed by atoms with Crippen molar-refractivity contribution in [3.8, 4) is 0 Å². The summed E-state index contributed by atoms with van der Waals surface area (Å²) < 4.78 is 0. The number of guanidine groups is 1. The normalized spacial score (nSPS) is 22.1. The molecule has 0 bridgehead atoms. The Kier molecular flexibility index (Phi) is 8.71. The van der Waals surface area contributed by atoms with E-state index in [1.807, 2.05) is 7.05 Å². The lowest BCUT2D eigenvalue weighted by Crippen LogP contribution is -2.44. The number of nitrogens with zero attached hydrogens (tertiary/aromatic N) is 2.